The van der Waals surface area contributed by atoms with Gasteiger partial charge in [-0.3, -0.25) is 4.98 Å². The number of hydrogen-bond acceptors (Lipinski definition) is 5. The molecule has 1 aromatic carbocycles. The van der Waals surface area contributed by atoms with Gasteiger partial charge in [0.2, 0.25) is 0 Å². The van der Waals surface area contributed by atoms with Gasteiger partial charge in [-0.15, -0.1) is 0 Å². The minimum atomic E-state index is 0.589. The molecule has 2 saturated carbocycles. The van der Waals surface area contributed by atoms with Crippen molar-refractivity contribution in [2.45, 2.75) is 50.5 Å². The highest BCUT2D eigenvalue weighted by Crippen LogP contribution is 2.47. The van der Waals surface area contributed by atoms with E-state index >= 15 is 0 Å². The quantitative estimate of drug-likeness (QED) is 0.280. The van der Waals surface area contributed by atoms with Crippen LogP contribution in [-0.2, 0) is 0 Å². The molecule has 0 bridgehead atoms. The first-order chi connectivity index (χ1) is 18.2. The third kappa shape index (κ3) is 3.53. The van der Waals surface area contributed by atoms with E-state index in [-0.39, 0.29) is 0 Å². The van der Waals surface area contributed by atoms with E-state index in [1.165, 1.54) is 49.5 Å². The van der Waals surface area contributed by atoms with Gasteiger partial charge in [-0.1, -0.05) is 30.2 Å². The van der Waals surface area contributed by atoms with E-state index < -0.39 is 0 Å². The number of nitrogens with one attached hydrogen (secondary N) is 1. The number of nitrogens with zero attached hydrogens (tertiary/aromatic N) is 5. The zero-order valence-electron chi connectivity index (χ0n) is 20.5. The number of hydrogen-bond donors (Lipinski definition) is 1. The third-order valence-corrected chi connectivity index (χ3v) is 8.85. The Morgan fingerprint density at radius 2 is 1.84 bits per heavy atom. The van der Waals surface area contributed by atoms with E-state index in [1.807, 2.05) is 42.7 Å². The third-order valence-electron chi connectivity index (χ3n) is 8.59. The van der Waals surface area contributed by atoms with E-state index in [1.54, 1.807) is 0 Å². The molecule has 0 amide bonds. The van der Waals surface area contributed by atoms with E-state index in [9.17, 15) is 0 Å². The van der Waals surface area contributed by atoms with Crippen molar-refractivity contribution in [3.8, 4) is 22.6 Å². The normalized spacial score (nSPS) is 21.3. The lowest BCUT2D eigenvalue weighted by Crippen LogP contribution is -2.31. The summed E-state index contributed by atoms with van der Waals surface area (Å²) >= 11 is 6.12. The Morgan fingerprint density at radius 1 is 0.946 bits per heavy atom. The van der Waals surface area contributed by atoms with E-state index in [2.05, 4.69) is 32.1 Å². The predicted octanol–water partition coefficient (Wildman–Crippen LogP) is 7.14. The SMILES string of the molecule is Clc1ccc(-c2cc3c(-c4nc(N5CCC6CCCC65)c5c(C6CC6)cncc5n4)ccnc3[nH]2)cc1. The molecule has 184 valence electrons. The molecule has 0 radical (unpaired) electrons. The lowest BCUT2D eigenvalue weighted by Gasteiger charge is -2.27. The Hall–Kier alpha value is -3.51. The molecule has 6 nitrogen and oxygen atoms in total. The second-order valence-corrected chi connectivity index (χ2v) is 11.3. The van der Waals surface area contributed by atoms with Crippen LogP contribution in [0.25, 0.3) is 44.6 Å². The molecule has 2 unspecified atom stereocenters. The second kappa shape index (κ2) is 8.25. The first kappa shape index (κ1) is 21.6. The van der Waals surface area contributed by atoms with Crippen LogP contribution in [0.5, 0.6) is 0 Å². The molecule has 7 heteroatoms. The smallest absolute Gasteiger partial charge is 0.163 e. The minimum absolute atomic E-state index is 0.589. The summed E-state index contributed by atoms with van der Waals surface area (Å²) < 4.78 is 0. The largest absolute Gasteiger partial charge is 0.353 e. The van der Waals surface area contributed by atoms with Gasteiger partial charge in [0.25, 0.3) is 0 Å². The highest BCUT2D eigenvalue weighted by molar-refractivity contribution is 6.30. The lowest BCUT2D eigenvalue weighted by atomic mass is 10.0. The molecule has 3 fully saturated rings. The molecule has 1 N–H and O–H groups in total. The highest BCUT2D eigenvalue weighted by atomic mass is 35.5. The monoisotopic (exact) mass is 506 g/mol. The first-order valence-corrected chi connectivity index (χ1v) is 13.8. The van der Waals surface area contributed by atoms with Crippen molar-refractivity contribution in [2.24, 2.45) is 5.92 Å². The fourth-order valence-corrected chi connectivity index (χ4v) is 6.75. The van der Waals surface area contributed by atoms with Crippen molar-refractivity contribution in [3.05, 3.63) is 65.6 Å². The summed E-state index contributed by atoms with van der Waals surface area (Å²) in [7, 11) is 0. The molecule has 3 aliphatic rings. The molecule has 0 spiro atoms. The van der Waals surface area contributed by atoms with Crippen molar-refractivity contribution in [2.75, 3.05) is 11.4 Å². The van der Waals surface area contributed by atoms with Gasteiger partial charge in [-0.05, 0) is 79.3 Å². The average Bonchev–Trinajstić information content (AvgIpc) is 3.30. The summed E-state index contributed by atoms with van der Waals surface area (Å²) in [4.78, 5) is 25.8. The van der Waals surface area contributed by atoms with Gasteiger partial charge in [0.05, 0.1) is 11.7 Å². The van der Waals surface area contributed by atoms with E-state index in [4.69, 9.17) is 21.6 Å². The summed E-state index contributed by atoms with van der Waals surface area (Å²) in [5.74, 6) is 3.23. The lowest BCUT2D eigenvalue weighted by molar-refractivity contribution is 0.540. The molecule has 1 aliphatic heterocycles. The number of anilines is 1. The van der Waals surface area contributed by atoms with Gasteiger partial charge >= 0.3 is 0 Å². The molecule has 2 aliphatic carbocycles. The maximum absolute atomic E-state index is 6.12. The molecular weight excluding hydrogens is 480 g/mol. The Labute approximate surface area is 220 Å². The minimum Gasteiger partial charge on any atom is -0.353 e. The van der Waals surface area contributed by atoms with Crippen molar-refractivity contribution in [1.82, 2.24) is 24.9 Å². The molecule has 2 atom stereocenters. The zero-order valence-corrected chi connectivity index (χ0v) is 21.2. The Kier molecular flexibility index (Phi) is 4.81. The molecule has 37 heavy (non-hydrogen) atoms. The fourth-order valence-electron chi connectivity index (χ4n) is 6.63. The summed E-state index contributed by atoms with van der Waals surface area (Å²) in [6.45, 7) is 1.07. The number of benzene rings is 1. The van der Waals surface area contributed by atoms with Crippen LogP contribution in [0.2, 0.25) is 5.02 Å². The van der Waals surface area contributed by atoms with Crippen LogP contribution >= 0.6 is 11.6 Å². The Bertz CT molecular complexity index is 1650. The number of halogens is 1. The Balaban J connectivity index is 1.32. The summed E-state index contributed by atoms with van der Waals surface area (Å²) in [6.07, 6.45) is 13.5. The van der Waals surface area contributed by atoms with Gasteiger partial charge < -0.3 is 9.88 Å². The fraction of sp³-hybridized carbons (Fsp3) is 0.333. The van der Waals surface area contributed by atoms with Crippen LogP contribution in [-0.4, -0.2) is 37.5 Å². The van der Waals surface area contributed by atoms with Crippen molar-refractivity contribution in [1.29, 1.82) is 0 Å². The molecule has 5 heterocycles. The van der Waals surface area contributed by atoms with Gasteiger partial charge in [0.1, 0.15) is 11.5 Å². The average molecular weight is 507 g/mol. The van der Waals surface area contributed by atoms with Crippen LogP contribution in [0, 0.1) is 5.92 Å². The number of fused-ring (bicyclic) bond motifs is 3. The number of rotatable bonds is 4. The van der Waals surface area contributed by atoms with Gasteiger partial charge in [0, 0.05) is 52.0 Å². The molecular formula is C30H27ClN6. The zero-order chi connectivity index (χ0) is 24.5. The van der Waals surface area contributed by atoms with Gasteiger partial charge in [-0.2, -0.15) is 0 Å². The topological polar surface area (TPSA) is 70.6 Å². The van der Waals surface area contributed by atoms with E-state index in [0.29, 0.717) is 12.0 Å². The van der Waals surface area contributed by atoms with E-state index in [0.717, 1.165) is 62.5 Å². The molecule has 1 saturated heterocycles. The number of aromatic nitrogens is 5. The predicted molar refractivity (Wildman–Crippen MR) is 148 cm³/mol. The number of H-pyrrole nitrogens is 1. The summed E-state index contributed by atoms with van der Waals surface area (Å²) in [6, 6.07) is 12.6. The van der Waals surface area contributed by atoms with Crippen LogP contribution in [0.15, 0.2) is 55.0 Å². The van der Waals surface area contributed by atoms with Crippen LogP contribution in [0.3, 0.4) is 0 Å². The van der Waals surface area contributed by atoms with Gasteiger partial charge in [-0.25, -0.2) is 15.0 Å². The Morgan fingerprint density at radius 3 is 2.70 bits per heavy atom. The summed E-state index contributed by atoms with van der Waals surface area (Å²) in [5, 5.41) is 2.96. The van der Waals surface area contributed by atoms with Crippen LogP contribution < -0.4 is 4.90 Å². The molecule has 8 rings (SSSR count). The maximum atomic E-state index is 6.12. The first-order valence-electron chi connectivity index (χ1n) is 13.4. The van der Waals surface area contributed by atoms with Crippen molar-refractivity contribution >= 4 is 39.4 Å². The van der Waals surface area contributed by atoms with Crippen LogP contribution in [0.1, 0.15) is 50.0 Å². The van der Waals surface area contributed by atoms with Crippen molar-refractivity contribution in [3.63, 3.8) is 0 Å². The van der Waals surface area contributed by atoms with Crippen molar-refractivity contribution < 1.29 is 0 Å². The molecule has 4 aromatic heterocycles. The number of aromatic amines is 1. The summed E-state index contributed by atoms with van der Waals surface area (Å²) in [5.41, 5.74) is 6.16. The number of pyridine rings is 2. The standard InChI is InChI=1S/C30H27ClN6/c31-20-8-6-18(7-9-20)24-14-22-21(10-12-33-28(22)34-24)29-35-25-16-32-15-23(17-4-5-17)27(25)30(36-29)37-13-11-19-2-1-3-26(19)37/h6-10,12,14-17,19,26H,1-5,11,13H2,(H,33,34). The second-order valence-electron chi connectivity index (χ2n) is 10.8. The molecule has 5 aromatic rings. The maximum Gasteiger partial charge on any atom is 0.163 e. The van der Waals surface area contributed by atoms with Crippen LogP contribution in [0.4, 0.5) is 5.82 Å². The van der Waals surface area contributed by atoms with Gasteiger partial charge in [0.15, 0.2) is 5.82 Å². The highest BCUT2D eigenvalue weighted by Gasteiger charge is 2.40.